The van der Waals surface area contributed by atoms with Gasteiger partial charge >= 0.3 is 6.09 Å². The Kier molecular flexibility index (Phi) is 3.58. The van der Waals surface area contributed by atoms with Crippen LogP contribution in [0.1, 0.15) is 6.42 Å². The van der Waals surface area contributed by atoms with E-state index in [1.165, 1.54) is 11.0 Å². The first kappa shape index (κ1) is 11.9. The molecule has 92 valence electrons. The van der Waals surface area contributed by atoms with Gasteiger partial charge < -0.3 is 10.1 Å². The molecule has 2 rings (SSSR count). The van der Waals surface area contributed by atoms with Gasteiger partial charge in [-0.05, 0) is 32.1 Å². The second-order valence-electron chi connectivity index (χ2n) is 3.94. The fraction of sp³-hybridized carbons (Fsp3) is 0.417. The molecule has 0 aromatic heterocycles. The van der Waals surface area contributed by atoms with Gasteiger partial charge in [0.25, 0.3) is 0 Å². The molecule has 17 heavy (non-hydrogen) atoms. The van der Waals surface area contributed by atoms with Gasteiger partial charge in [0, 0.05) is 0 Å². The standard InChI is InChI=1S/C12H15FN2O2/c1-14-7-6-9-8-17-12(16)15(9)11-5-3-2-4-10(11)13/h2-5,9,14H,6-8H2,1H3. The van der Waals surface area contributed by atoms with Gasteiger partial charge in [-0.3, -0.25) is 4.90 Å². The third-order valence-corrected chi connectivity index (χ3v) is 2.80. The first-order valence-electron chi connectivity index (χ1n) is 5.59. The summed E-state index contributed by atoms with van der Waals surface area (Å²) in [5.41, 5.74) is 0.288. The van der Waals surface area contributed by atoms with Crippen molar-refractivity contribution in [2.24, 2.45) is 0 Å². The normalized spacial score (nSPS) is 19.5. The maximum atomic E-state index is 13.6. The SMILES string of the molecule is CNCCC1COC(=O)N1c1ccccc1F. The highest BCUT2D eigenvalue weighted by molar-refractivity contribution is 5.90. The van der Waals surface area contributed by atoms with Gasteiger partial charge in [0.05, 0.1) is 11.7 Å². The molecule has 1 atom stereocenters. The molecule has 0 aliphatic carbocycles. The Bertz CT molecular complexity index is 411. The predicted octanol–water partition coefficient (Wildman–Crippen LogP) is 1.76. The molecule has 0 saturated carbocycles. The number of amides is 1. The Hall–Kier alpha value is -1.62. The molecule has 1 aromatic carbocycles. The van der Waals surface area contributed by atoms with Crippen molar-refractivity contribution in [3.8, 4) is 0 Å². The summed E-state index contributed by atoms with van der Waals surface area (Å²) in [5, 5.41) is 3.01. The summed E-state index contributed by atoms with van der Waals surface area (Å²) in [6.45, 7) is 1.07. The van der Waals surface area contributed by atoms with Crippen molar-refractivity contribution in [2.75, 3.05) is 25.1 Å². The lowest BCUT2D eigenvalue weighted by Gasteiger charge is -2.21. The lowest BCUT2D eigenvalue weighted by Crippen LogP contribution is -2.36. The van der Waals surface area contributed by atoms with E-state index in [9.17, 15) is 9.18 Å². The summed E-state index contributed by atoms with van der Waals surface area (Å²) in [7, 11) is 1.84. The fourth-order valence-corrected chi connectivity index (χ4v) is 1.93. The maximum absolute atomic E-state index is 13.6. The molecule has 0 spiro atoms. The summed E-state index contributed by atoms with van der Waals surface area (Å²) >= 11 is 0. The van der Waals surface area contributed by atoms with Crippen molar-refractivity contribution in [3.05, 3.63) is 30.1 Å². The van der Waals surface area contributed by atoms with Gasteiger partial charge in [-0.2, -0.15) is 0 Å². The number of para-hydroxylation sites is 1. The number of hydrogen-bond acceptors (Lipinski definition) is 3. The number of carbonyl (C=O) groups excluding carboxylic acids is 1. The molecule has 0 bridgehead atoms. The van der Waals surface area contributed by atoms with Gasteiger partial charge in [0.1, 0.15) is 12.4 Å². The molecule has 5 heteroatoms. The zero-order chi connectivity index (χ0) is 12.3. The van der Waals surface area contributed by atoms with Crippen LogP contribution in [0.15, 0.2) is 24.3 Å². The number of nitrogens with zero attached hydrogens (tertiary/aromatic N) is 1. The third-order valence-electron chi connectivity index (χ3n) is 2.80. The smallest absolute Gasteiger partial charge is 0.414 e. The molecule has 1 saturated heterocycles. The number of carbonyl (C=O) groups is 1. The van der Waals surface area contributed by atoms with Crippen LogP contribution in [0.2, 0.25) is 0 Å². The predicted molar refractivity (Wildman–Crippen MR) is 62.6 cm³/mol. The number of cyclic esters (lactones) is 1. The van der Waals surface area contributed by atoms with Gasteiger partial charge in [-0.15, -0.1) is 0 Å². The zero-order valence-corrected chi connectivity index (χ0v) is 9.65. The van der Waals surface area contributed by atoms with Gasteiger partial charge in [0.2, 0.25) is 0 Å². The second kappa shape index (κ2) is 5.14. The molecule has 0 radical (unpaired) electrons. The summed E-state index contributed by atoms with van der Waals surface area (Å²) in [5.74, 6) is -0.402. The lowest BCUT2D eigenvalue weighted by molar-refractivity contribution is 0.178. The minimum Gasteiger partial charge on any atom is -0.447 e. The van der Waals surface area contributed by atoms with Crippen LogP contribution in [0.25, 0.3) is 0 Å². The number of ether oxygens (including phenoxy) is 1. The van der Waals surface area contributed by atoms with Crippen LogP contribution in [-0.2, 0) is 4.74 Å². The van der Waals surface area contributed by atoms with E-state index < -0.39 is 11.9 Å². The number of anilines is 1. The summed E-state index contributed by atoms with van der Waals surface area (Å²) < 4.78 is 18.6. The van der Waals surface area contributed by atoms with E-state index in [-0.39, 0.29) is 11.7 Å². The molecule has 1 fully saturated rings. The van der Waals surface area contributed by atoms with E-state index in [0.717, 1.165) is 13.0 Å². The highest BCUT2D eigenvalue weighted by Crippen LogP contribution is 2.26. The molecule has 1 amide bonds. The van der Waals surface area contributed by atoms with Crippen LogP contribution in [-0.4, -0.2) is 32.3 Å². The van der Waals surface area contributed by atoms with E-state index in [1.54, 1.807) is 18.2 Å². The minimum absolute atomic E-state index is 0.105. The van der Waals surface area contributed by atoms with E-state index in [4.69, 9.17) is 4.74 Å². The number of rotatable bonds is 4. The first-order chi connectivity index (χ1) is 8.24. The third kappa shape index (κ3) is 2.39. The molecule has 1 unspecified atom stereocenters. The lowest BCUT2D eigenvalue weighted by atomic mass is 10.1. The largest absolute Gasteiger partial charge is 0.447 e. The Balaban J connectivity index is 2.22. The van der Waals surface area contributed by atoms with E-state index in [0.29, 0.717) is 6.61 Å². The first-order valence-corrected chi connectivity index (χ1v) is 5.59. The second-order valence-corrected chi connectivity index (χ2v) is 3.94. The van der Waals surface area contributed by atoms with Gasteiger partial charge in [-0.1, -0.05) is 12.1 Å². The van der Waals surface area contributed by atoms with Crippen molar-refractivity contribution in [2.45, 2.75) is 12.5 Å². The molecular formula is C12H15FN2O2. The number of benzene rings is 1. The summed E-state index contributed by atoms with van der Waals surface area (Å²) in [6.07, 6.45) is 0.257. The van der Waals surface area contributed by atoms with Crippen LogP contribution >= 0.6 is 0 Å². The maximum Gasteiger partial charge on any atom is 0.414 e. The van der Waals surface area contributed by atoms with Crippen LogP contribution in [0.3, 0.4) is 0 Å². The summed E-state index contributed by atoms with van der Waals surface area (Å²) in [6, 6.07) is 6.14. The Morgan fingerprint density at radius 2 is 2.29 bits per heavy atom. The Morgan fingerprint density at radius 1 is 1.53 bits per heavy atom. The molecule has 1 aromatic rings. The van der Waals surface area contributed by atoms with Crippen molar-refractivity contribution in [1.82, 2.24) is 5.32 Å². The van der Waals surface area contributed by atoms with Crippen LogP contribution in [0, 0.1) is 5.82 Å². The molecule has 1 heterocycles. The van der Waals surface area contributed by atoms with Crippen molar-refractivity contribution in [1.29, 1.82) is 0 Å². The number of halogens is 1. The zero-order valence-electron chi connectivity index (χ0n) is 9.65. The van der Waals surface area contributed by atoms with E-state index >= 15 is 0 Å². The van der Waals surface area contributed by atoms with Crippen molar-refractivity contribution >= 4 is 11.8 Å². The van der Waals surface area contributed by atoms with Crippen LogP contribution < -0.4 is 10.2 Å². The average Bonchev–Trinajstić information content (AvgIpc) is 2.69. The van der Waals surface area contributed by atoms with Gasteiger partial charge in [-0.25, -0.2) is 9.18 Å². The molecule has 1 N–H and O–H groups in total. The number of nitrogens with one attached hydrogen (secondary N) is 1. The number of hydrogen-bond donors (Lipinski definition) is 1. The molecular weight excluding hydrogens is 223 g/mol. The van der Waals surface area contributed by atoms with Crippen LogP contribution in [0.5, 0.6) is 0 Å². The van der Waals surface area contributed by atoms with E-state index in [1.807, 2.05) is 7.05 Å². The molecule has 4 nitrogen and oxygen atoms in total. The molecule has 1 aliphatic rings. The Labute approximate surface area is 99.4 Å². The Morgan fingerprint density at radius 3 is 3.00 bits per heavy atom. The fourth-order valence-electron chi connectivity index (χ4n) is 1.93. The molecule has 1 aliphatic heterocycles. The van der Waals surface area contributed by atoms with Crippen LogP contribution in [0.4, 0.5) is 14.9 Å². The highest BCUT2D eigenvalue weighted by atomic mass is 19.1. The monoisotopic (exact) mass is 238 g/mol. The van der Waals surface area contributed by atoms with E-state index in [2.05, 4.69) is 5.32 Å². The summed E-state index contributed by atoms with van der Waals surface area (Å²) in [4.78, 5) is 13.0. The highest BCUT2D eigenvalue weighted by Gasteiger charge is 2.34. The van der Waals surface area contributed by atoms with Crippen molar-refractivity contribution < 1.29 is 13.9 Å². The minimum atomic E-state index is -0.476. The van der Waals surface area contributed by atoms with Crippen molar-refractivity contribution in [3.63, 3.8) is 0 Å². The average molecular weight is 238 g/mol. The topological polar surface area (TPSA) is 41.6 Å². The van der Waals surface area contributed by atoms with Gasteiger partial charge in [0.15, 0.2) is 0 Å². The quantitative estimate of drug-likeness (QED) is 0.869.